The lowest BCUT2D eigenvalue weighted by molar-refractivity contribution is -0.0152. The molecule has 2 atom stereocenters. The van der Waals surface area contributed by atoms with Gasteiger partial charge in [0.05, 0.1) is 0 Å². The Kier molecular flexibility index (Phi) is 3.60. The molecule has 0 aromatic carbocycles. The van der Waals surface area contributed by atoms with Crippen molar-refractivity contribution in [1.82, 2.24) is 4.90 Å². The second-order valence-electron chi connectivity index (χ2n) is 5.24. The Hall–Kier alpha value is -0.770. The summed E-state index contributed by atoms with van der Waals surface area (Å²) in [7, 11) is 0. The number of carbonyl (C=O) groups is 1. The number of likely N-dealkylation sites (tertiary alicyclic amines) is 1. The Balaban J connectivity index is 2.48. The molecular formula is C11H22N2O2. The zero-order valence-corrected chi connectivity index (χ0v) is 10.1. The van der Waals surface area contributed by atoms with Gasteiger partial charge in [-0.3, -0.25) is 0 Å². The molecule has 1 aliphatic rings. The molecule has 1 aliphatic heterocycles. The molecule has 2 unspecified atom stereocenters. The van der Waals surface area contributed by atoms with Crippen molar-refractivity contribution in [2.24, 2.45) is 11.7 Å². The van der Waals surface area contributed by atoms with Crippen LogP contribution in [0.3, 0.4) is 0 Å². The summed E-state index contributed by atoms with van der Waals surface area (Å²) >= 11 is 0. The fourth-order valence-electron chi connectivity index (χ4n) is 1.70. The monoisotopic (exact) mass is 214 g/mol. The quantitative estimate of drug-likeness (QED) is 0.759. The molecule has 0 aromatic rings. The van der Waals surface area contributed by atoms with Crippen molar-refractivity contribution in [2.75, 3.05) is 13.1 Å². The number of amides is 1. The summed E-state index contributed by atoms with van der Waals surface area (Å²) in [4.78, 5) is 13.5. The van der Waals surface area contributed by atoms with E-state index in [-0.39, 0.29) is 12.1 Å². The van der Waals surface area contributed by atoms with Gasteiger partial charge >= 0.3 is 6.09 Å². The van der Waals surface area contributed by atoms with Gasteiger partial charge in [-0.1, -0.05) is 6.92 Å². The minimum atomic E-state index is -0.414. The molecule has 88 valence electrons. The average Bonchev–Trinajstić information content (AvgIpc) is 1.97. The first kappa shape index (κ1) is 12.3. The number of rotatable bonds is 2. The maximum Gasteiger partial charge on any atom is 0.410 e. The lowest BCUT2D eigenvalue weighted by Gasteiger charge is -2.44. The minimum Gasteiger partial charge on any atom is -0.444 e. The SMILES string of the molecule is CC(CN)C1CCN1C(=O)OC(C)(C)C. The summed E-state index contributed by atoms with van der Waals surface area (Å²) in [5, 5.41) is 0. The summed E-state index contributed by atoms with van der Waals surface area (Å²) in [6.45, 7) is 9.12. The van der Waals surface area contributed by atoms with Gasteiger partial charge in [0.15, 0.2) is 0 Å². The predicted octanol–water partition coefficient (Wildman–Crippen LogP) is 1.59. The third-order valence-corrected chi connectivity index (χ3v) is 2.72. The number of ether oxygens (including phenoxy) is 1. The molecule has 15 heavy (non-hydrogen) atoms. The highest BCUT2D eigenvalue weighted by Crippen LogP contribution is 2.26. The zero-order chi connectivity index (χ0) is 11.6. The van der Waals surface area contributed by atoms with E-state index in [0.717, 1.165) is 13.0 Å². The van der Waals surface area contributed by atoms with E-state index >= 15 is 0 Å². The van der Waals surface area contributed by atoms with Crippen LogP contribution in [0.15, 0.2) is 0 Å². The van der Waals surface area contributed by atoms with Crippen molar-refractivity contribution < 1.29 is 9.53 Å². The van der Waals surface area contributed by atoms with Gasteiger partial charge in [-0.05, 0) is 39.7 Å². The molecule has 0 aromatic heterocycles. The third-order valence-electron chi connectivity index (χ3n) is 2.72. The lowest BCUT2D eigenvalue weighted by atomic mass is 9.91. The molecule has 0 saturated carbocycles. The van der Waals surface area contributed by atoms with Crippen molar-refractivity contribution in [3.8, 4) is 0 Å². The number of carbonyl (C=O) groups excluding carboxylic acids is 1. The Labute approximate surface area is 91.8 Å². The van der Waals surface area contributed by atoms with Crippen molar-refractivity contribution >= 4 is 6.09 Å². The second kappa shape index (κ2) is 4.39. The molecule has 1 heterocycles. The second-order valence-corrected chi connectivity index (χ2v) is 5.24. The molecule has 4 heteroatoms. The first-order valence-corrected chi connectivity index (χ1v) is 5.55. The van der Waals surface area contributed by atoms with E-state index in [9.17, 15) is 4.79 Å². The number of hydrogen-bond donors (Lipinski definition) is 1. The topological polar surface area (TPSA) is 55.6 Å². The fraction of sp³-hybridized carbons (Fsp3) is 0.909. The molecule has 1 saturated heterocycles. The van der Waals surface area contributed by atoms with E-state index in [2.05, 4.69) is 6.92 Å². The fourth-order valence-corrected chi connectivity index (χ4v) is 1.70. The van der Waals surface area contributed by atoms with Crippen LogP contribution in [0.25, 0.3) is 0 Å². The van der Waals surface area contributed by atoms with Crippen LogP contribution in [0.5, 0.6) is 0 Å². The van der Waals surface area contributed by atoms with E-state index in [4.69, 9.17) is 10.5 Å². The summed E-state index contributed by atoms with van der Waals surface area (Å²) in [6.07, 6.45) is 0.830. The zero-order valence-electron chi connectivity index (χ0n) is 10.1. The lowest BCUT2D eigenvalue weighted by Crippen LogP contribution is -2.56. The highest BCUT2D eigenvalue weighted by Gasteiger charge is 2.37. The highest BCUT2D eigenvalue weighted by molar-refractivity contribution is 5.69. The molecule has 1 amide bonds. The van der Waals surface area contributed by atoms with Crippen LogP contribution < -0.4 is 5.73 Å². The van der Waals surface area contributed by atoms with Crippen LogP contribution in [0.2, 0.25) is 0 Å². The standard InChI is InChI=1S/C11H22N2O2/c1-8(7-12)9-5-6-13(9)10(14)15-11(2,3)4/h8-9H,5-7,12H2,1-4H3. The van der Waals surface area contributed by atoms with Crippen molar-refractivity contribution in [3.63, 3.8) is 0 Å². The summed E-state index contributed by atoms with van der Waals surface area (Å²) in [5.41, 5.74) is 5.18. The van der Waals surface area contributed by atoms with Gasteiger partial charge in [0.1, 0.15) is 5.60 Å². The normalized spacial score (nSPS) is 23.3. The maximum absolute atomic E-state index is 11.7. The van der Waals surface area contributed by atoms with Gasteiger partial charge in [-0.2, -0.15) is 0 Å². The first-order chi connectivity index (χ1) is 6.85. The van der Waals surface area contributed by atoms with Gasteiger partial charge in [-0.25, -0.2) is 4.79 Å². The largest absolute Gasteiger partial charge is 0.444 e. The Morgan fingerprint density at radius 3 is 2.53 bits per heavy atom. The molecule has 2 N–H and O–H groups in total. The molecule has 4 nitrogen and oxygen atoms in total. The molecule has 0 bridgehead atoms. The van der Waals surface area contributed by atoms with E-state index in [0.29, 0.717) is 12.5 Å². The molecule has 0 spiro atoms. The van der Waals surface area contributed by atoms with Crippen molar-refractivity contribution in [1.29, 1.82) is 0 Å². The van der Waals surface area contributed by atoms with Gasteiger partial charge in [0.2, 0.25) is 0 Å². The van der Waals surface area contributed by atoms with Gasteiger partial charge < -0.3 is 15.4 Å². The van der Waals surface area contributed by atoms with Crippen LogP contribution >= 0.6 is 0 Å². The summed E-state index contributed by atoms with van der Waals surface area (Å²) in [5.74, 6) is 0.353. The number of nitrogens with zero attached hydrogens (tertiary/aromatic N) is 1. The van der Waals surface area contributed by atoms with Crippen LogP contribution in [0.1, 0.15) is 34.1 Å². The van der Waals surface area contributed by atoms with Gasteiger partial charge in [-0.15, -0.1) is 0 Å². The predicted molar refractivity (Wildman–Crippen MR) is 59.6 cm³/mol. The van der Waals surface area contributed by atoms with E-state index < -0.39 is 5.60 Å². The van der Waals surface area contributed by atoms with E-state index in [1.807, 2.05) is 20.8 Å². The van der Waals surface area contributed by atoms with E-state index in [1.165, 1.54) is 0 Å². The smallest absolute Gasteiger partial charge is 0.410 e. The van der Waals surface area contributed by atoms with E-state index in [1.54, 1.807) is 4.90 Å². The van der Waals surface area contributed by atoms with Gasteiger partial charge in [0, 0.05) is 12.6 Å². The van der Waals surface area contributed by atoms with Crippen molar-refractivity contribution in [3.05, 3.63) is 0 Å². The molecule has 0 radical (unpaired) electrons. The molecule has 1 fully saturated rings. The van der Waals surface area contributed by atoms with Gasteiger partial charge in [0.25, 0.3) is 0 Å². The number of hydrogen-bond acceptors (Lipinski definition) is 3. The Morgan fingerprint density at radius 2 is 2.20 bits per heavy atom. The number of nitrogens with two attached hydrogens (primary N) is 1. The highest BCUT2D eigenvalue weighted by atomic mass is 16.6. The third kappa shape index (κ3) is 3.09. The molecule has 0 aliphatic carbocycles. The Bertz CT molecular complexity index is 235. The van der Waals surface area contributed by atoms with Crippen LogP contribution in [-0.2, 0) is 4.74 Å². The minimum absolute atomic E-state index is 0.209. The van der Waals surface area contributed by atoms with Crippen LogP contribution in [0, 0.1) is 5.92 Å². The maximum atomic E-state index is 11.7. The Morgan fingerprint density at radius 1 is 1.60 bits per heavy atom. The molecule has 1 rings (SSSR count). The van der Waals surface area contributed by atoms with Crippen LogP contribution in [0.4, 0.5) is 4.79 Å². The first-order valence-electron chi connectivity index (χ1n) is 5.55. The van der Waals surface area contributed by atoms with Crippen molar-refractivity contribution in [2.45, 2.75) is 45.8 Å². The average molecular weight is 214 g/mol. The summed E-state index contributed by atoms with van der Waals surface area (Å²) < 4.78 is 5.31. The molecular weight excluding hydrogens is 192 g/mol. The summed E-state index contributed by atoms with van der Waals surface area (Å²) in [6, 6.07) is 0.268. The van der Waals surface area contributed by atoms with Crippen LogP contribution in [-0.4, -0.2) is 35.7 Å².